The van der Waals surface area contributed by atoms with Crippen LogP contribution in [0.2, 0.25) is 5.02 Å². The number of carbonyl (C=O) groups excluding carboxylic acids is 2. The lowest BCUT2D eigenvalue weighted by Gasteiger charge is -2.16. The third-order valence-corrected chi connectivity index (χ3v) is 4.44. The van der Waals surface area contributed by atoms with Crippen molar-refractivity contribution in [3.05, 3.63) is 40.7 Å². The standard InChI is InChI=1S/C19H26ClN5O2.ClH/c1-12-10-13(2)25(24-12)14(3)19(27)23-17-8-7-15(11-16(17)20)22-18(26)6-5-9-21-4;/h7-8,10-11,14,21H,5-6,9H2,1-4H3,(H,22,26)(H,23,27);1H. The largest absolute Gasteiger partial charge is 0.326 e. The molecule has 0 spiro atoms. The van der Waals surface area contributed by atoms with Gasteiger partial charge < -0.3 is 16.0 Å². The van der Waals surface area contributed by atoms with Crippen molar-refractivity contribution < 1.29 is 9.59 Å². The molecule has 0 saturated heterocycles. The van der Waals surface area contributed by atoms with Crippen molar-refractivity contribution in [1.29, 1.82) is 0 Å². The summed E-state index contributed by atoms with van der Waals surface area (Å²) in [7, 11) is 1.85. The minimum Gasteiger partial charge on any atom is -0.326 e. The number of nitrogens with one attached hydrogen (secondary N) is 3. The van der Waals surface area contributed by atoms with Crippen LogP contribution >= 0.6 is 24.0 Å². The van der Waals surface area contributed by atoms with E-state index in [1.807, 2.05) is 27.0 Å². The average molecular weight is 428 g/mol. The average Bonchev–Trinajstić information content (AvgIpc) is 2.95. The molecule has 154 valence electrons. The highest BCUT2D eigenvalue weighted by molar-refractivity contribution is 6.34. The molecule has 0 aliphatic heterocycles. The van der Waals surface area contributed by atoms with Gasteiger partial charge >= 0.3 is 0 Å². The smallest absolute Gasteiger partial charge is 0.248 e. The molecule has 9 heteroatoms. The van der Waals surface area contributed by atoms with Crippen molar-refractivity contribution in [3.63, 3.8) is 0 Å². The molecular formula is C19H27Cl2N5O2. The third-order valence-electron chi connectivity index (χ3n) is 4.13. The minimum absolute atomic E-state index is 0. The van der Waals surface area contributed by atoms with E-state index in [0.29, 0.717) is 22.8 Å². The predicted octanol–water partition coefficient (Wildman–Crippen LogP) is 3.71. The minimum atomic E-state index is -0.471. The summed E-state index contributed by atoms with van der Waals surface area (Å²) in [6, 6.07) is 6.47. The lowest BCUT2D eigenvalue weighted by molar-refractivity contribution is -0.119. The maximum Gasteiger partial charge on any atom is 0.248 e. The fourth-order valence-corrected chi connectivity index (χ4v) is 2.96. The fraction of sp³-hybridized carbons (Fsp3) is 0.421. The molecule has 0 bridgehead atoms. The van der Waals surface area contributed by atoms with E-state index < -0.39 is 6.04 Å². The van der Waals surface area contributed by atoms with Crippen molar-refractivity contribution >= 4 is 47.2 Å². The summed E-state index contributed by atoms with van der Waals surface area (Å²) < 4.78 is 1.68. The normalized spacial score (nSPS) is 11.5. The van der Waals surface area contributed by atoms with Crippen LogP contribution in [0.15, 0.2) is 24.3 Å². The molecule has 0 aliphatic carbocycles. The molecule has 1 aromatic carbocycles. The number of nitrogens with zero attached hydrogens (tertiary/aromatic N) is 2. The highest BCUT2D eigenvalue weighted by atomic mass is 35.5. The Bertz CT molecular complexity index is 823. The number of hydrogen-bond donors (Lipinski definition) is 3. The van der Waals surface area contributed by atoms with E-state index in [0.717, 1.165) is 24.4 Å². The summed E-state index contributed by atoms with van der Waals surface area (Å²) in [6.07, 6.45) is 1.19. The Hall–Kier alpha value is -2.09. The number of carbonyl (C=O) groups is 2. The molecule has 1 heterocycles. The SMILES string of the molecule is CNCCCC(=O)Nc1ccc(NC(=O)C(C)n2nc(C)cc2C)c(Cl)c1.Cl. The number of halogens is 2. The number of aryl methyl sites for hydroxylation is 2. The van der Waals surface area contributed by atoms with Gasteiger partial charge in [0.25, 0.3) is 0 Å². The van der Waals surface area contributed by atoms with Gasteiger partial charge in [-0.2, -0.15) is 5.10 Å². The van der Waals surface area contributed by atoms with Gasteiger partial charge in [0.1, 0.15) is 6.04 Å². The van der Waals surface area contributed by atoms with Gasteiger partial charge in [0, 0.05) is 17.8 Å². The van der Waals surface area contributed by atoms with Crippen LogP contribution in [0.1, 0.15) is 37.2 Å². The number of benzene rings is 1. The van der Waals surface area contributed by atoms with Gasteiger partial charge in [-0.05, 0) is 65.0 Å². The van der Waals surface area contributed by atoms with Gasteiger partial charge in [-0.1, -0.05) is 11.6 Å². The van der Waals surface area contributed by atoms with Crippen molar-refractivity contribution in [3.8, 4) is 0 Å². The molecule has 0 saturated carbocycles. The Morgan fingerprint density at radius 3 is 2.50 bits per heavy atom. The molecule has 7 nitrogen and oxygen atoms in total. The number of aromatic nitrogens is 2. The van der Waals surface area contributed by atoms with E-state index in [2.05, 4.69) is 21.0 Å². The summed E-state index contributed by atoms with van der Waals surface area (Å²) in [4.78, 5) is 24.4. The van der Waals surface area contributed by atoms with Crippen LogP contribution in [0, 0.1) is 13.8 Å². The molecule has 1 atom stereocenters. The Morgan fingerprint density at radius 1 is 1.21 bits per heavy atom. The van der Waals surface area contributed by atoms with E-state index in [4.69, 9.17) is 11.6 Å². The van der Waals surface area contributed by atoms with Crippen LogP contribution in [0.25, 0.3) is 0 Å². The molecule has 0 fully saturated rings. The van der Waals surface area contributed by atoms with Crippen LogP contribution in [0.5, 0.6) is 0 Å². The van der Waals surface area contributed by atoms with Crippen molar-refractivity contribution in [2.24, 2.45) is 0 Å². The quantitative estimate of drug-likeness (QED) is 0.560. The summed E-state index contributed by atoms with van der Waals surface area (Å²) in [5, 5.41) is 13.3. The van der Waals surface area contributed by atoms with E-state index >= 15 is 0 Å². The molecule has 3 N–H and O–H groups in total. The zero-order valence-corrected chi connectivity index (χ0v) is 18.1. The van der Waals surface area contributed by atoms with Gasteiger partial charge in [-0.25, -0.2) is 0 Å². The summed E-state index contributed by atoms with van der Waals surface area (Å²) in [5.41, 5.74) is 2.86. The van der Waals surface area contributed by atoms with Crippen molar-refractivity contribution in [2.45, 2.75) is 39.7 Å². The predicted molar refractivity (Wildman–Crippen MR) is 116 cm³/mol. The second-order valence-electron chi connectivity index (χ2n) is 6.49. The van der Waals surface area contributed by atoms with Gasteiger partial charge in [0.15, 0.2) is 0 Å². The lowest BCUT2D eigenvalue weighted by atomic mass is 10.2. The van der Waals surface area contributed by atoms with E-state index in [9.17, 15) is 9.59 Å². The number of amides is 2. The second-order valence-corrected chi connectivity index (χ2v) is 6.89. The molecule has 0 radical (unpaired) electrons. The molecule has 0 aliphatic rings. The van der Waals surface area contributed by atoms with Crippen LogP contribution in [0.3, 0.4) is 0 Å². The molecule has 2 aromatic rings. The Morgan fingerprint density at radius 2 is 1.93 bits per heavy atom. The topological polar surface area (TPSA) is 88.0 Å². The first-order valence-electron chi connectivity index (χ1n) is 8.89. The van der Waals surface area contributed by atoms with Crippen LogP contribution in [-0.2, 0) is 9.59 Å². The summed E-state index contributed by atoms with van der Waals surface area (Å²) in [5.74, 6) is -0.289. The van der Waals surface area contributed by atoms with Crippen molar-refractivity contribution in [1.82, 2.24) is 15.1 Å². The molecular weight excluding hydrogens is 401 g/mol. The van der Waals surface area contributed by atoms with Gasteiger partial charge in [-0.3, -0.25) is 14.3 Å². The maximum atomic E-state index is 12.5. The van der Waals surface area contributed by atoms with Crippen LogP contribution < -0.4 is 16.0 Å². The Balaban J connectivity index is 0.00000392. The third kappa shape index (κ3) is 6.51. The van der Waals surface area contributed by atoms with Crippen LogP contribution in [0.4, 0.5) is 11.4 Å². The summed E-state index contributed by atoms with van der Waals surface area (Å²) >= 11 is 6.27. The summed E-state index contributed by atoms with van der Waals surface area (Å²) in [6.45, 7) is 6.36. The first-order valence-corrected chi connectivity index (χ1v) is 9.27. The molecule has 1 aromatic heterocycles. The van der Waals surface area contributed by atoms with E-state index in [1.54, 1.807) is 29.8 Å². The molecule has 2 rings (SSSR count). The number of hydrogen-bond acceptors (Lipinski definition) is 4. The number of rotatable bonds is 8. The number of anilines is 2. The lowest BCUT2D eigenvalue weighted by Crippen LogP contribution is -2.25. The zero-order valence-electron chi connectivity index (χ0n) is 16.5. The highest BCUT2D eigenvalue weighted by Crippen LogP contribution is 2.26. The van der Waals surface area contributed by atoms with Gasteiger partial charge in [-0.15, -0.1) is 12.4 Å². The Kier molecular flexibility index (Phi) is 9.45. The maximum absolute atomic E-state index is 12.5. The van der Waals surface area contributed by atoms with E-state index in [-0.39, 0.29) is 24.2 Å². The van der Waals surface area contributed by atoms with Crippen LogP contribution in [-0.4, -0.2) is 35.2 Å². The van der Waals surface area contributed by atoms with Gasteiger partial charge in [0.05, 0.1) is 16.4 Å². The fourth-order valence-electron chi connectivity index (χ4n) is 2.73. The molecule has 28 heavy (non-hydrogen) atoms. The van der Waals surface area contributed by atoms with E-state index in [1.165, 1.54) is 0 Å². The first-order chi connectivity index (χ1) is 12.8. The zero-order chi connectivity index (χ0) is 20.0. The molecule has 2 amide bonds. The Labute approximate surface area is 176 Å². The first kappa shape index (κ1) is 23.9. The van der Waals surface area contributed by atoms with Crippen molar-refractivity contribution in [2.75, 3.05) is 24.2 Å². The monoisotopic (exact) mass is 427 g/mol. The second kappa shape index (κ2) is 11.0. The molecule has 1 unspecified atom stereocenters. The highest BCUT2D eigenvalue weighted by Gasteiger charge is 2.19. The van der Waals surface area contributed by atoms with Gasteiger partial charge in [0.2, 0.25) is 11.8 Å².